The van der Waals surface area contributed by atoms with E-state index in [1.54, 1.807) is 20.3 Å². The lowest BCUT2D eigenvalue weighted by Crippen LogP contribution is -2.40. The number of rotatable bonds is 10. The van der Waals surface area contributed by atoms with Gasteiger partial charge in [0.1, 0.15) is 0 Å². The molecule has 0 aliphatic rings. The minimum absolute atomic E-state index is 0.279. The topological polar surface area (TPSA) is 65.5 Å². The van der Waals surface area contributed by atoms with E-state index in [-0.39, 0.29) is 6.54 Å². The van der Waals surface area contributed by atoms with Crippen LogP contribution in [0.15, 0.2) is 24.4 Å². The Balaban J connectivity index is 2.46. The first-order chi connectivity index (χ1) is 9.98. The van der Waals surface area contributed by atoms with E-state index >= 15 is 0 Å². The van der Waals surface area contributed by atoms with Crippen LogP contribution in [-0.2, 0) is 16.8 Å². The fourth-order valence-corrected chi connectivity index (χ4v) is 3.01. The van der Waals surface area contributed by atoms with Gasteiger partial charge in [-0.2, -0.15) is 17.0 Å². The molecule has 0 bridgehead atoms. The SMILES string of the molecule is CCCNCCCN(C)S(=O)(=O)N(C)Cc1ccccn1. The number of hydrogen-bond donors (Lipinski definition) is 1. The number of nitrogens with one attached hydrogen (secondary N) is 1. The molecule has 1 N–H and O–H groups in total. The van der Waals surface area contributed by atoms with E-state index in [0.717, 1.165) is 31.6 Å². The Morgan fingerprint density at radius 3 is 2.57 bits per heavy atom. The summed E-state index contributed by atoms with van der Waals surface area (Å²) in [5.74, 6) is 0. The number of aromatic nitrogens is 1. The van der Waals surface area contributed by atoms with E-state index in [1.165, 1.54) is 8.61 Å². The summed E-state index contributed by atoms with van der Waals surface area (Å²) >= 11 is 0. The first-order valence-corrected chi connectivity index (χ1v) is 8.66. The van der Waals surface area contributed by atoms with Gasteiger partial charge in [-0.3, -0.25) is 4.98 Å². The molecule has 0 amide bonds. The summed E-state index contributed by atoms with van der Waals surface area (Å²) < 4.78 is 27.4. The van der Waals surface area contributed by atoms with Crippen molar-refractivity contribution in [3.8, 4) is 0 Å². The monoisotopic (exact) mass is 314 g/mol. The summed E-state index contributed by atoms with van der Waals surface area (Å²) in [6.45, 7) is 4.69. The van der Waals surface area contributed by atoms with Crippen molar-refractivity contribution in [2.24, 2.45) is 0 Å². The first-order valence-electron chi connectivity index (χ1n) is 7.26. The predicted molar refractivity (Wildman–Crippen MR) is 85.0 cm³/mol. The molecule has 0 aliphatic carbocycles. The van der Waals surface area contributed by atoms with E-state index < -0.39 is 10.2 Å². The van der Waals surface area contributed by atoms with Gasteiger partial charge in [-0.25, -0.2) is 0 Å². The van der Waals surface area contributed by atoms with E-state index in [0.29, 0.717) is 6.54 Å². The lowest BCUT2D eigenvalue weighted by Gasteiger charge is -2.24. The molecule has 0 atom stereocenters. The maximum atomic E-state index is 12.4. The second-order valence-corrected chi connectivity index (χ2v) is 7.15. The highest BCUT2D eigenvalue weighted by molar-refractivity contribution is 7.86. The van der Waals surface area contributed by atoms with Gasteiger partial charge >= 0.3 is 0 Å². The molecule has 120 valence electrons. The second kappa shape index (κ2) is 9.09. The van der Waals surface area contributed by atoms with Crippen molar-refractivity contribution in [2.75, 3.05) is 33.7 Å². The van der Waals surface area contributed by atoms with Gasteiger partial charge in [-0.1, -0.05) is 13.0 Å². The van der Waals surface area contributed by atoms with Crippen molar-refractivity contribution in [2.45, 2.75) is 26.3 Å². The van der Waals surface area contributed by atoms with Crippen molar-refractivity contribution in [3.63, 3.8) is 0 Å². The molecule has 7 heteroatoms. The third-order valence-electron chi connectivity index (χ3n) is 3.15. The van der Waals surface area contributed by atoms with Gasteiger partial charge in [0, 0.05) is 26.8 Å². The quantitative estimate of drug-likeness (QED) is 0.656. The van der Waals surface area contributed by atoms with Crippen LogP contribution in [0.4, 0.5) is 0 Å². The Bertz CT molecular complexity index is 493. The van der Waals surface area contributed by atoms with Gasteiger partial charge in [0.05, 0.1) is 12.2 Å². The molecular weight excluding hydrogens is 288 g/mol. The van der Waals surface area contributed by atoms with Crippen molar-refractivity contribution in [3.05, 3.63) is 30.1 Å². The van der Waals surface area contributed by atoms with Gasteiger partial charge in [0.2, 0.25) is 0 Å². The molecule has 0 aliphatic heterocycles. The molecule has 1 heterocycles. The fourth-order valence-electron chi connectivity index (χ4n) is 1.88. The van der Waals surface area contributed by atoms with Gasteiger partial charge in [0.15, 0.2) is 0 Å². The second-order valence-electron chi connectivity index (χ2n) is 5.01. The molecular formula is C14H26N4O2S. The standard InChI is InChI=1S/C14H26N4O2S/c1-4-9-15-10-7-12-17(2)21(19,20)18(3)13-14-8-5-6-11-16-14/h5-6,8,11,15H,4,7,9-10,12-13H2,1-3H3. The molecule has 6 nitrogen and oxygen atoms in total. The summed E-state index contributed by atoms with van der Waals surface area (Å²) in [5, 5.41) is 3.27. The molecule has 21 heavy (non-hydrogen) atoms. The van der Waals surface area contributed by atoms with Crippen LogP contribution in [0.1, 0.15) is 25.5 Å². The smallest absolute Gasteiger partial charge is 0.281 e. The summed E-state index contributed by atoms with van der Waals surface area (Å²) in [6.07, 6.45) is 3.55. The lowest BCUT2D eigenvalue weighted by molar-refractivity contribution is 0.382. The number of hydrogen-bond acceptors (Lipinski definition) is 4. The average molecular weight is 314 g/mol. The highest BCUT2D eigenvalue weighted by atomic mass is 32.2. The van der Waals surface area contributed by atoms with E-state index in [9.17, 15) is 8.42 Å². The largest absolute Gasteiger partial charge is 0.317 e. The van der Waals surface area contributed by atoms with Gasteiger partial charge in [-0.05, 0) is 38.1 Å². The van der Waals surface area contributed by atoms with Crippen LogP contribution in [0.3, 0.4) is 0 Å². The molecule has 0 unspecified atom stereocenters. The maximum absolute atomic E-state index is 12.4. The van der Waals surface area contributed by atoms with Crippen LogP contribution < -0.4 is 5.32 Å². The molecule has 1 aromatic heterocycles. The zero-order valence-corrected chi connectivity index (χ0v) is 13.9. The van der Waals surface area contributed by atoms with E-state index in [2.05, 4.69) is 17.2 Å². The Kier molecular flexibility index (Phi) is 7.81. The highest BCUT2D eigenvalue weighted by Crippen LogP contribution is 2.08. The first kappa shape index (κ1) is 18.0. The molecule has 0 aromatic carbocycles. The normalized spacial score (nSPS) is 12.2. The van der Waals surface area contributed by atoms with E-state index in [1.807, 2.05) is 18.2 Å². The zero-order valence-electron chi connectivity index (χ0n) is 13.1. The molecule has 0 radical (unpaired) electrons. The van der Waals surface area contributed by atoms with Gasteiger partial charge in [0.25, 0.3) is 10.2 Å². The molecule has 0 spiro atoms. The molecule has 0 fully saturated rings. The fraction of sp³-hybridized carbons (Fsp3) is 0.643. The van der Waals surface area contributed by atoms with Crippen LogP contribution >= 0.6 is 0 Å². The Labute approximate surface area is 128 Å². The van der Waals surface area contributed by atoms with Crippen molar-refractivity contribution < 1.29 is 8.42 Å². The third-order valence-corrected chi connectivity index (χ3v) is 5.04. The Morgan fingerprint density at radius 1 is 1.19 bits per heavy atom. The Hall–Kier alpha value is -1.02. The molecule has 0 saturated carbocycles. The summed E-state index contributed by atoms with van der Waals surface area (Å²) in [4.78, 5) is 4.15. The molecule has 1 aromatic rings. The van der Waals surface area contributed by atoms with Crippen molar-refractivity contribution >= 4 is 10.2 Å². The summed E-state index contributed by atoms with van der Waals surface area (Å²) in [6, 6.07) is 5.49. The minimum atomic E-state index is -3.43. The molecule has 1 rings (SSSR count). The molecule has 0 saturated heterocycles. The van der Waals surface area contributed by atoms with Gasteiger partial charge in [-0.15, -0.1) is 0 Å². The zero-order chi connectivity index (χ0) is 15.7. The van der Waals surface area contributed by atoms with Gasteiger partial charge < -0.3 is 5.32 Å². The van der Waals surface area contributed by atoms with Crippen LogP contribution in [0.5, 0.6) is 0 Å². The lowest BCUT2D eigenvalue weighted by atomic mass is 10.3. The minimum Gasteiger partial charge on any atom is -0.317 e. The maximum Gasteiger partial charge on any atom is 0.281 e. The summed E-state index contributed by atoms with van der Waals surface area (Å²) in [5.41, 5.74) is 0.738. The summed E-state index contributed by atoms with van der Waals surface area (Å²) in [7, 11) is -0.237. The van der Waals surface area contributed by atoms with Crippen LogP contribution in [0.25, 0.3) is 0 Å². The van der Waals surface area contributed by atoms with E-state index in [4.69, 9.17) is 0 Å². The Morgan fingerprint density at radius 2 is 1.95 bits per heavy atom. The van der Waals surface area contributed by atoms with Crippen LogP contribution in [-0.4, -0.2) is 55.7 Å². The van der Waals surface area contributed by atoms with Crippen LogP contribution in [0.2, 0.25) is 0 Å². The highest BCUT2D eigenvalue weighted by Gasteiger charge is 2.23. The third kappa shape index (κ3) is 6.09. The average Bonchev–Trinajstić information content (AvgIpc) is 2.47. The predicted octanol–water partition coefficient (Wildman–Crippen LogP) is 1.08. The van der Waals surface area contributed by atoms with Crippen molar-refractivity contribution in [1.29, 1.82) is 0 Å². The number of nitrogens with zero attached hydrogens (tertiary/aromatic N) is 3. The van der Waals surface area contributed by atoms with Crippen LogP contribution in [0, 0.1) is 0 Å². The number of pyridine rings is 1. The van der Waals surface area contributed by atoms with Crippen molar-refractivity contribution in [1.82, 2.24) is 18.9 Å².